The maximum absolute atomic E-state index is 6.04. The molecule has 0 spiro atoms. The van der Waals surface area contributed by atoms with Gasteiger partial charge >= 0.3 is 0 Å². The quantitative estimate of drug-likeness (QED) is 0.804. The number of rotatable bonds is 3. The van der Waals surface area contributed by atoms with Crippen LogP contribution in [0.25, 0.3) is 0 Å². The minimum atomic E-state index is 0.212. The van der Waals surface area contributed by atoms with Crippen LogP contribution in [0.2, 0.25) is 5.22 Å². The van der Waals surface area contributed by atoms with E-state index in [1.54, 1.807) is 6.26 Å². The lowest BCUT2D eigenvalue weighted by atomic mass is 9.97. The predicted octanol–water partition coefficient (Wildman–Crippen LogP) is 4.08. The average molecular weight is 240 g/mol. The Kier molecular flexibility index (Phi) is 4.08. The van der Waals surface area contributed by atoms with Crippen molar-refractivity contribution in [2.24, 2.45) is 0 Å². The van der Waals surface area contributed by atoms with Gasteiger partial charge in [-0.3, -0.25) is 0 Å². The molecule has 1 aromatic rings. The highest BCUT2D eigenvalue weighted by Gasteiger charge is 2.19. The lowest BCUT2D eigenvalue weighted by Crippen LogP contribution is -2.18. The van der Waals surface area contributed by atoms with E-state index in [0.717, 1.165) is 12.0 Å². The van der Waals surface area contributed by atoms with Crippen molar-refractivity contribution in [3.63, 3.8) is 0 Å². The van der Waals surface area contributed by atoms with E-state index in [-0.39, 0.29) is 6.04 Å². The Morgan fingerprint density at radius 1 is 1.38 bits per heavy atom. The Balaban J connectivity index is 2.21. The van der Waals surface area contributed by atoms with Crippen LogP contribution in [0.15, 0.2) is 28.4 Å². The Hall–Kier alpha value is -0.730. The normalized spacial score (nSPS) is 19.0. The second-order valence-corrected chi connectivity index (χ2v) is 4.59. The van der Waals surface area contributed by atoms with Gasteiger partial charge in [-0.25, -0.2) is 0 Å². The number of nitrogens with one attached hydrogen (secondary N) is 1. The van der Waals surface area contributed by atoms with Gasteiger partial charge in [0.25, 0.3) is 0 Å². The number of hydrogen-bond donors (Lipinski definition) is 1. The molecule has 1 atom stereocenters. The first-order chi connectivity index (χ1) is 7.83. The molecule has 3 heteroatoms. The van der Waals surface area contributed by atoms with Crippen molar-refractivity contribution in [1.82, 2.24) is 5.32 Å². The summed E-state index contributed by atoms with van der Waals surface area (Å²) in [5.41, 5.74) is 2.50. The van der Waals surface area contributed by atoms with Crippen molar-refractivity contribution in [2.75, 3.05) is 7.05 Å². The summed E-state index contributed by atoms with van der Waals surface area (Å²) in [6, 6.07) is 2.17. The summed E-state index contributed by atoms with van der Waals surface area (Å²) in [5.74, 6) is 0. The minimum Gasteiger partial charge on any atom is -0.453 e. The van der Waals surface area contributed by atoms with Crippen molar-refractivity contribution in [3.05, 3.63) is 34.8 Å². The molecule has 0 bridgehead atoms. The molecule has 1 heterocycles. The van der Waals surface area contributed by atoms with E-state index < -0.39 is 0 Å². The maximum atomic E-state index is 6.04. The largest absolute Gasteiger partial charge is 0.453 e. The smallest absolute Gasteiger partial charge is 0.198 e. The number of allylic oxidation sites excluding steroid dienone is 1. The number of furan rings is 1. The van der Waals surface area contributed by atoms with Gasteiger partial charge in [-0.1, -0.05) is 18.1 Å². The Morgan fingerprint density at radius 2 is 2.25 bits per heavy atom. The summed E-state index contributed by atoms with van der Waals surface area (Å²) in [5, 5.41) is 3.83. The van der Waals surface area contributed by atoms with E-state index >= 15 is 0 Å². The van der Waals surface area contributed by atoms with Crippen molar-refractivity contribution < 1.29 is 4.42 Å². The topological polar surface area (TPSA) is 25.2 Å². The van der Waals surface area contributed by atoms with Gasteiger partial charge in [-0.2, -0.15) is 0 Å². The zero-order chi connectivity index (χ0) is 11.4. The molecule has 88 valence electrons. The number of likely N-dealkylation sites (N-methyl/N-ethyl adjacent to an activating group) is 1. The van der Waals surface area contributed by atoms with Gasteiger partial charge in [0.2, 0.25) is 0 Å². The Labute approximate surface area is 102 Å². The molecule has 1 unspecified atom stereocenters. The van der Waals surface area contributed by atoms with Gasteiger partial charge in [0.15, 0.2) is 5.22 Å². The molecule has 0 amide bonds. The maximum Gasteiger partial charge on any atom is 0.198 e. The average Bonchev–Trinajstić information content (AvgIpc) is 2.57. The third-order valence-corrected chi connectivity index (χ3v) is 3.50. The zero-order valence-electron chi connectivity index (χ0n) is 9.63. The molecule has 1 aromatic heterocycles. The summed E-state index contributed by atoms with van der Waals surface area (Å²) in [6.07, 6.45) is 10.3. The van der Waals surface area contributed by atoms with Crippen LogP contribution in [-0.2, 0) is 0 Å². The second kappa shape index (κ2) is 5.55. The van der Waals surface area contributed by atoms with Gasteiger partial charge in [-0.05, 0) is 50.4 Å². The Morgan fingerprint density at radius 3 is 2.94 bits per heavy atom. The van der Waals surface area contributed by atoms with Crippen LogP contribution in [0.1, 0.15) is 43.7 Å². The predicted molar refractivity (Wildman–Crippen MR) is 66.7 cm³/mol. The van der Waals surface area contributed by atoms with Crippen molar-refractivity contribution in [2.45, 2.75) is 38.1 Å². The van der Waals surface area contributed by atoms with Crippen LogP contribution in [0, 0.1) is 0 Å². The van der Waals surface area contributed by atoms with Gasteiger partial charge in [0.05, 0.1) is 12.3 Å². The lowest BCUT2D eigenvalue weighted by Gasteiger charge is -2.18. The fourth-order valence-corrected chi connectivity index (χ4v) is 2.58. The summed E-state index contributed by atoms with van der Waals surface area (Å²) in [7, 11) is 1.97. The molecule has 0 fully saturated rings. The van der Waals surface area contributed by atoms with Crippen LogP contribution in [-0.4, -0.2) is 7.05 Å². The van der Waals surface area contributed by atoms with E-state index in [2.05, 4.69) is 11.4 Å². The molecule has 16 heavy (non-hydrogen) atoms. The minimum absolute atomic E-state index is 0.212. The molecule has 0 saturated heterocycles. The standard InChI is InChI=1S/C13H18ClNO/c1-15-12(11-8-9-16-13(11)14)10-6-4-2-3-5-7-10/h6,8-9,12,15H,2-5,7H2,1H3. The third-order valence-electron chi connectivity index (χ3n) is 3.19. The molecule has 0 radical (unpaired) electrons. The second-order valence-electron chi connectivity index (χ2n) is 4.25. The van der Waals surface area contributed by atoms with E-state index in [0.29, 0.717) is 5.22 Å². The molecule has 1 N–H and O–H groups in total. The summed E-state index contributed by atoms with van der Waals surface area (Å²) >= 11 is 6.04. The molecule has 1 aliphatic rings. The fourth-order valence-electron chi connectivity index (χ4n) is 2.35. The summed E-state index contributed by atoms with van der Waals surface area (Å²) in [6.45, 7) is 0. The first-order valence-electron chi connectivity index (χ1n) is 5.92. The summed E-state index contributed by atoms with van der Waals surface area (Å²) in [4.78, 5) is 0. The van der Waals surface area contributed by atoms with Crippen molar-refractivity contribution >= 4 is 11.6 Å². The molecular weight excluding hydrogens is 222 g/mol. The third kappa shape index (κ3) is 2.50. The van der Waals surface area contributed by atoms with Crippen LogP contribution in [0.4, 0.5) is 0 Å². The van der Waals surface area contributed by atoms with Crippen LogP contribution in [0.3, 0.4) is 0 Å². The van der Waals surface area contributed by atoms with Gasteiger partial charge in [-0.15, -0.1) is 0 Å². The first kappa shape index (κ1) is 11.7. The fraction of sp³-hybridized carbons (Fsp3) is 0.538. The number of halogens is 1. The van der Waals surface area contributed by atoms with Crippen molar-refractivity contribution in [1.29, 1.82) is 0 Å². The van der Waals surface area contributed by atoms with Crippen LogP contribution < -0.4 is 5.32 Å². The van der Waals surface area contributed by atoms with Gasteiger partial charge in [0.1, 0.15) is 0 Å². The van der Waals surface area contributed by atoms with E-state index in [4.69, 9.17) is 16.0 Å². The highest BCUT2D eigenvalue weighted by molar-refractivity contribution is 6.29. The zero-order valence-corrected chi connectivity index (χ0v) is 10.4. The monoisotopic (exact) mass is 239 g/mol. The first-order valence-corrected chi connectivity index (χ1v) is 6.30. The molecule has 0 aromatic carbocycles. The number of hydrogen-bond acceptors (Lipinski definition) is 2. The van der Waals surface area contributed by atoms with Gasteiger partial charge < -0.3 is 9.73 Å². The summed E-state index contributed by atoms with van der Waals surface area (Å²) < 4.78 is 5.17. The highest BCUT2D eigenvalue weighted by atomic mass is 35.5. The molecular formula is C13H18ClNO. The molecule has 2 rings (SSSR count). The highest BCUT2D eigenvalue weighted by Crippen LogP contribution is 2.33. The molecule has 0 aliphatic heterocycles. The van der Waals surface area contributed by atoms with E-state index in [1.165, 1.54) is 31.3 Å². The van der Waals surface area contributed by atoms with E-state index in [1.807, 2.05) is 13.1 Å². The van der Waals surface area contributed by atoms with Crippen LogP contribution in [0.5, 0.6) is 0 Å². The van der Waals surface area contributed by atoms with Crippen molar-refractivity contribution in [3.8, 4) is 0 Å². The van der Waals surface area contributed by atoms with Gasteiger partial charge in [0, 0.05) is 5.56 Å². The molecule has 0 saturated carbocycles. The lowest BCUT2D eigenvalue weighted by molar-refractivity contribution is 0.555. The van der Waals surface area contributed by atoms with Crippen LogP contribution >= 0.6 is 11.6 Å². The SMILES string of the molecule is CNC(C1=CCCCCC1)c1ccoc1Cl. The van der Waals surface area contributed by atoms with E-state index in [9.17, 15) is 0 Å². The Bertz CT molecular complexity index is 370. The molecule has 2 nitrogen and oxygen atoms in total. The molecule has 1 aliphatic carbocycles.